The molecule has 0 bridgehead atoms. The molecular weight excluding hydrogens is 301 g/mol. The number of phosphoric acid groups is 1. The highest BCUT2D eigenvalue weighted by molar-refractivity contribution is 7.46. The Morgan fingerprint density at radius 1 is 0.773 bits per heavy atom. The number of rotatable bonds is 14. The van der Waals surface area contributed by atoms with E-state index in [-0.39, 0.29) is 6.61 Å². The van der Waals surface area contributed by atoms with E-state index in [2.05, 4.69) is 11.4 Å². The third-order valence-electron chi connectivity index (χ3n) is 3.32. The Bertz CT molecular complexity index is 236. The Morgan fingerprint density at radius 3 is 1.55 bits per heavy atom. The fourth-order valence-electron chi connectivity index (χ4n) is 1.96. The molecule has 0 aromatic carbocycles. The summed E-state index contributed by atoms with van der Waals surface area (Å²) in [5.74, 6) is 0. The lowest BCUT2D eigenvalue weighted by Gasteiger charge is -2.02. The smallest absolute Gasteiger partial charge is 0.330 e. The zero-order valence-corrected chi connectivity index (χ0v) is 15.5. The first-order chi connectivity index (χ1) is 10.5. The van der Waals surface area contributed by atoms with Crippen molar-refractivity contribution in [3.63, 3.8) is 0 Å². The summed E-state index contributed by atoms with van der Waals surface area (Å²) in [7, 11) is -4.20. The number of phosphoric ester groups is 1. The van der Waals surface area contributed by atoms with Crippen molar-refractivity contribution in [1.29, 1.82) is 0 Å². The molecule has 0 fully saturated rings. The maximum absolute atomic E-state index is 9.98. The maximum Gasteiger partial charge on any atom is 0.469 e. The molecule has 136 valence electrons. The minimum atomic E-state index is -4.20. The molecule has 0 aliphatic carbocycles. The molecule has 0 spiro atoms. The first kappa shape index (κ1) is 24.3. The van der Waals surface area contributed by atoms with Gasteiger partial charge in [-0.05, 0) is 19.4 Å². The van der Waals surface area contributed by atoms with Crippen molar-refractivity contribution < 1.29 is 18.9 Å². The molecule has 0 aromatic rings. The third kappa shape index (κ3) is 28.3. The summed E-state index contributed by atoms with van der Waals surface area (Å²) < 4.78 is 14.1. The van der Waals surface area contributed by atoms with Crippen molar-refractivity contribution >= 4 is 7.82 Å². The average Bonchev–Trinajstić information content (AvgIpc) is 2.45. The molecule has 0 radical (unpaired) electrons. The van der Waals surface area contributed by atoms with Crippen molar-refractivity contribution in [2.75, 3.05) is 13.2 Å². The molecule has 0 aliphatic heterocycles. The normalized spacial score (nSPS) is 11.1. The molecule has 4 N–H and O–H groups in total. The van der Waals surface area contributed by atoms with Crippen LogP contribution in [-0.2, 0) is 9.09 Å². The van der Waals surface area contributed by atoms with E-state index in [1.54, 1.807) is 0 Å². The van der Waals surface area contributed by atoms with Crippen molar-refractivity contribution in [3.8, 4) is 0 Å². The summed E-state index contributed by atoms with van der Waals surface area (Å²) in [4.78, 5) is 16.3. The molecule has 5 nitrogen and oxygen atoms in total. The molecule has 0 atom stereocenters. The van der Waals surface area contributed by atoms with Crippen molar-refractivity contribution in [2.45, 2.75) is 90.9 Å². The fourth-order valence-corrected chi connectivity index (χ4v) is 2.33. The zero-order chi connectivity index (χ0) is 17.1. The van der Waals surface area contributed by atoms with Gasteiger partial charge in [-0.25, -0.2) is 4.57 Å². The summed E-state index contributed by atoms with van der Waals surface area (Å²) in [6.07, 6.45) is 15.5. The molecule has 22 heavy (non-hydrogen) atoms. The Hall–Kier alpha value is 0.0700. The van der Waals surface area contributed by atoms with Gasteiger partial charge < -0.3 is 15.5 Å². The van der Waals surface area contributed by atoms with E-state index in [0.29, 0.717) is 6.42 Å². The van der Waals surface area contributed by atoms with Crippen LogP contribution < -0.4 is 5.73 Å². The van der Waals surface area contributed by atoms with Crippen LogP contribution in [0.2, 0.25) is 0 Å². The summed E-state index contributed by atoms with van der Waals surface area (Å²) in [5.41, 5.74) is 5.42. The van der Waals surface area contributed by atoms with Gasteiger partial charge in [-0.2, -0.15) is 0 Å². The van der Waals surface area contributed by atoms with Gasteiger partial charge in [-0.3, -0.25) is 4.52 Å². The summed E-state index contributed by atoms with van der Waals surface area (Å²) in [6, 6.07) is 0. The minimum Gasteiger partial charge on any atom is -0.330 e. The van der Waals surface area contributed by atoms with Gasteiger partial charge in [0, 0.05) is 0 Å². The largest absolute Gasteiger partial charge is 0.469 e. The maximum atomic E-state index is 9.98. The van der Waals surface area contributed by atoms with E-state index in [0.717, 1.165) is 13.0 Å². The van der Waals surface area contributed by atoms with Gasteiger partial charge >= 0.3 is 7.82 Å². The average molecular weight is 339 g/mol. The molecule has 0 unspecified atom stereocenters. The SMILES string of the molecule is CCCCCCCCCCCCN.CCCCOP(=O)(O)O. The molecule has 0 heterocycles. The van der Waals surface area contributed by atoms with Crippen LogP contribution in [-0.4, -0.2) is 22.9 Å². The zero-order valence-electron chi connectivity index (χ0n) is 14.6. The third-order valence-corrected chi connectivity index (χ3v) is 3.83. The van der Waals surface area contributed by atoms with Crippen LogP contribution in [0.5, 0.6) is 0 Å². The predicted octanol–water partition coefficient (Wildman–Crippen LogP) is 4.76. The second-order valence-electron chi connectivity index (χ2n) is 5.65. The quantitative estimate of drug-likeness (QED) is 0.313. The number of hydrogen-bond acceptors (Lipinski definition) is 3. The first-order valence-electron chi connectivity index (χ1n) is 8.88. The number of unbranched alkanes of at least 4 members (excludes halogenated alkanes) is 10. The van der Waals surface area contributed by atoms with Crippen LogP contribution >= 0.6 is 7.82 Å². The molecule has 0 aromatic heterocycles. The van der Waals surface area contributed by atoms with Crippen LogP contribution in [0.4, 0.5) is 0 Å². The second-order valence-corrected chi connectivity index (χ2v) is 6.89. The van der Waals surface area contributed by atoms with Crippen molar-refractivity contribution in [2.24, 2.45) is 5.73 Å². The fraction of sp³-hybridized carbons (Fsp3) is 1.00. The summed E-state index contributed by atoms with van der Waals surface area (Å²) in [5, 5.41) is 0. The van der Waals surface area contributed by atoms with Gasteiger partial charge in [0.25, 0.3) is 0 Å². The van der Waals surface area contributed by atoms with E-state index in [1.807, 2.05) is 6.92 Å². The lowest BCUT2D eigenvalue weighted by Crippen LogP contribution is -1.97. The summed E-state index contributed by atoms with van der Waals surface area (Å²) in [6.45, 7) is 5.20. The Morgan fingerprint density at radius 2 is 1.18 bits per heavy atom. The van der Waals surface area contributed by atoms with Gasteiger partial charge in [0.2, 0.25) is 0 Å². The van der Waals surface area contributed by atoms with E-state index in [9.17, 15) is 4.57 Å². The highest BCUT2D eigenvalue weighted by Crippen LogP contribution is 2.35. The van der Waals surface area contributed by atoms with Crippen molar-refractivity contribution in [1.82, 2.24) is 0 Å². The molecule has 0 saturated heterocycles. The van der Waals surface area contributed by atoms with Gasteiger partial charge in [0.1, 0.15) is 0 Å². The first-order valence-corrected chi connectivity index (χ1v) is 10.4. The van der Waals surface area contributed by atoms with Crippen LogP contribution in [0.3, 0.4) is 0 Å². The minimum absolute atomic E-state index is 0.140. The van der Waals surface area contributed by atoms with Gasteiger partial charge in [-0.15, -0.1) is 0 Å². The van der Waals surface area contributed by atoms with Crippen LogP contribution in [0.15, 0.2) is 0 Å². The van der Waals surface area contributed by atoms with Gasteiger partial charge in [0.15, 0.2) is 0 Å². The van der Waals surface area contributed by atoms with Gasteiger partial charge in [0.05, 0.1) is 6.61 Å². The van der Waals surface area contributed by atoms with Crippen molar-refractivity contribution in [3.05, 3.63) is 0 Å². The number of nitrogens with two attached hydrogens (primary N) is 1. The van der Waals surface area contributed by atoms with E-state index < -0.39 is 7.82 Å². The lowest BCUT2D eigenvalue weighted by atomic mass is 10.1. The van der Waals surface area contributed by atoms with Crippen LogP contribution in [0.25, 0.3) is 0 Å². The van der Waals surface area contributed by atoms with E-state index >= 15 is 0 Å². The predicted molar refractivity (Wildman–Crippen MR) is 93.8 cm³/mol. The lowest BCUT2D eigenvalue weighted by molar-refractivity contribution is 0.194. The van der Waals surface area contributed by atoms with E-state index in [1.165, 1.54) is 64.2 Å². The summed E-state index contributed by atoms with van der Waals surface area (Å²) >= 11 is 0. The highest BCUT2D eigenvalue weighted by atomic mass is 31.2. The second kappa shape index (κ2) is 19.1. The van der Waals surface area contributed by atoms with Crippen LogP contribution in [0.1, 0.15) is 90.9 Å². The molecular formula is C16H38NO4P. The Kier molecular flexibility index (Phi) is 21.1. The molecule has 0 aliphatic rings. The molecule has 6 heteroatoms. The standard InChI is InChI=1S/C12H27N.C4H11O4P/c1-2-3-4-5-6-7-8-9-10-11-12-13;1-2-3-4-8-9(5,6)7/h2-13H2,1H3;2-4H2,1H3,(H2,5,6,7). The van der Waals surface area contributed by atoms with E-state index in [4.69, 9.17) is 15.5 Å². The van der Waals surface area contributed by atoms with Gasteiger partial charge in [-0.1, -0.05) is 78.1 Å². The number of hydrogen-bond donors (Lipinski definition) is 3. The monoisotopic (exact) mass is 339 g/mol. The Balaban J connectivity index is 0. The Labute approximate surface area is 137 Å². The molecule has 0 saturated carbocycles. The van der Waals surface area contributed by atoms with Crippen LogP contribution in [0, 0.1) is 0 Å². The molecule has 0 rings (SSSR count). The highest BCUT2D eigenvalue weighted by Gasteiger charge is 2.11. The topological polar surface area (TPSA) is 92.8 Å². The molecule has 0 amide bonds.